The third-order valence-electron chi connectivity index (χ3n) is 3.24. The van der Waals surface area contributed by atoms with Gasteiger partial charge in [0.1, 0.15) is 5.75 Å². The lowest BCUT2D eigenvalue weighted by Gasteiger charge is -2.33. The van der Waals surface area contributed by atoms with E-state index in [1.807, 2.05) is 0 Å². The van der Waals surface area contributed by atoms with Crippen LogP contribution in [0.5, 0.6) is 5.75 Å². The lowest BCUT2D eigenvalue weighted by Crippen LogP contribution is -2.54. The molecule has 0 saturated carbocycles. The maximum atomic E-state index is 12.0. The SMILES string of the molecule is COc1ccc(N2CC(=O)N(CCC(=O)O)C(=O)C2)cc1. The lowest BCUT2D eigenvalue weighted by atomic mass is 10.2. The van der Waals surface area contributed by atoms with Crippen molar-refractivity contribution in [3.8, 4) is 5.75 Å². The average molecular weight is 292 g/mol. The summed E-state index contributed by atoms with van der Waals surface area (Å²) in [5.41, 5.74) is 0.746. The quantitative estimate of drug-likeness (QED) is 0.788. The smallest absolute Gasteiger partial charge is 0.305 e. The van der Waals surface area contributed by atoms with E-state index in [0.717, 1.165) is 10.6 Å². The van der Waals surface area contributed by atoms with Crippen LogP contribution in [0.25, 0.3) is 0 Å². The predicted octanol–water partition coefficient (Wildman–Crippen LogP) is 0.345. The normalized spacial score (nSPS) is 15.3. The van der Waals surface area contributed by atoms with Crippen LogP contribution in [-0.4, -0.2) is 54.5 Å². The van der Waals surface area contributed by atoms with Crippen LogP contribution in [-0.2, 0) is 14.4 Å². The van der Waals surface area contributed by atoms with Gasteiger partial charge >= 0.3 is 5.97 Å². The van der Waals surface area contributed by atoms with Crippen LogP contribution in [0.15, 0.2) is 24.3 Å². The number of anilines is 1. The highest BCUT2D eigenvalue weighted by molar-refractivity contribution is 6.03. The molecule has 21 heavy (non-hydrogen) atoms. The average Bonchev–Trinajstić information content (AvgIpc) is 2.46. The summed E-state index contributed by atoms with van der Waals surface area (Å²) >= 11 is 0. The molecule has 1 saturated heterocycles. The molecule has 0 bridgehead atoms. The van der Waals surface area contributed by atoms with E-state index in [1.165, 1.54) is 0 Å². The highest BCUT2D eigenvalue weighted by atomic mass is 16.5. The minimum absolute atomic E-state index is 0.0533. The summed E-state index contributed by atoms with van der Waals surface area (Å²) in [6.45, 7) is 0.0266. The number of amides is 2. The van der Waals surface area contributed by atoms with Crippen molar-refractivity contribution >= 4 is 23.5 Å². The molecule has 0 unspecified atom stereocenters. The Kier molecular flexibility index (Phi) is 4.42. The lowest BCUT2D eigenvalue weighted by molar-refractivity contribution is -0.146. The van der Waals surface area contributed by atoms with Gasteiger partial charge in [0.05, 0.1) is 26.6 Å². The highest BCUT2D eigenvalue weighted by Crippen LogP contribution is 2.21. The third kappa shape index (κ3) is 3.50. The Morgan fingerprint density at radius 1 is 1.19 bits per heavy atom. The van der Waals surface area contributed by atoms with Gasteiger partial charge in [0.2, 0.25) is 11.8 Å². The van der Waals surface area contributed by atoms with Gasteiger partial charge in [0, 0.05) is 12.2 Å². The topological polar surface area (TPSA) is 87.2 Å². The molecule has 1 heterocycles. The number of rotatable bonds is 5. The molecule has 2 rings (SSSR count). The molecule has 7 heteroatoms. The maximum Gasteiger partial charge on any atom is 0.305 e. The van der Waals surface area contributed by atoms with Crippen LogP contribution in [0.4, 0.5) is 5.69 Å². The number of carboxylic acid groups (broad SMARTS) is 1. The second-order valence-electron chi connectivity index (χ2n) is 4.64. The summed E-state index contributed by atoms with van der Waals surface area (Å²) in [6.07, 6.45) is -0.236. The summed E-state index contributed by atoms with van der Waals surface area (Å²) in [5, 5.41) is 8.62. The first kappa shape index (κ1) is 14.8. The van der Waals surface area contributed by atoms with Crippen LogP contribution in [0.2, 0.25) is 0 Å². The van der Waals surface area contributed by atoms with Crippen molar-refractivity contribution in [3.63, 3.8) is 0 Å². The van der Waals surface area contributed by atoms with E-state index in [-0.39, 0.29) is 37.9 Å². The first-order valence-corrected chi connectivity index (χ1v) is 6.45. The largest absolute Gasteiger partial charge is 0.497 e. The number of aliphatic carboxylic acids is 1. The fraction of sp³-hybridized carbons (Fsp3) is 0.357. The Morgan fingerprint density at radius 3 is 2.24 bits per heavy atom. The summed E-state index contributed by atoms with van der Waals surface area (Å²) in [4.78, 5) is 37.1. The standard InChI is InChI=1S/C14H16N2O5/c1-21-11-4-2-10(3-5-11)15-8-12(17)16(13(18)9-15)7-6-14(19)20/h2-5H,6-9H2,1H3,(H,19,20). The molecule has 0 radical (unpaired) electrons. The molecule has 0 aliphatic carbocycles. The van der Waals surface area contributed by atoms with Crippen LogP contribution in [0, 0.1) is 0 Å². The number of carboxylic acids is 1. The van der Waals surface area contributed by atoms with Crippen molar-refractivity contribution in [1.29, 1.82) is 0 Å². The van der Waals surface area contributed by atoms with Crippen molar-refractivity contribution in [1.82, 2.24) is 4.90 Å². The van der Waals surface area contributed by atoms with E-state index >= 15 is 0 Å². The van der Waals surface area contributed by atoms with Gasteiger partial charge in [-0.05, 0) is 24.3 Å². The van der Waals surface area contributed by atoms with E-state index in [1.54, 1.807) is 36.3 Å². The molecule has 112 valence electrons. The Labute approximate surface area is 121 Å². The molecule has 2 amide bonds. The molecule has 1 aliphatic rings. The van der Waals surface area contributed by atoms with E-state index in [2.05, 4.69) is 0 Å². The number of hydrogen-bond donors (Lipinski definition) is 1. The molecule has 0 spiro atoms. The van der Waals surface area contributed by atoms with E-state index < -0.39 is 5.97 Å². The highest BCUT2D eigenvalue weighted by Gasteiger charge is 2.31. The van der Waals surface area contributed by atoms with Gasteiger partial charge in [0.15, 0.2) is 0 Å². The fourth-order valence-electron chi connectivity index (χ4n) is 2.12. The van der Waals surface area contributed by atoms with Gasteiger partial charge in [0.25, 0.3) is 0 Å². The number of carbonyl (C=O) groups is 3. The third-order valence-corrected chi connectivity index (χ3v) is 3.24. The zero-order valence-electron chi connectivity index (χ0n) is 11.6. The molecule has 1 aliphatic heterocycles. The van der Waals surface area contributed by atoms with Crippen LogP contribution >= 0.6 is 0 Å². The van der Waals surface area contributed by atoms with Crippen molar-refractivity contribution < 1.29 is 24.2 Å². The first-order valence-electron chi connectivity index (χ1n) is 6.45. The van der Waals surface area contributed by atoms with Crippen molar-refractivity contribution in [2.24, 2.45) is 0 Å². The van der Waals surface area contributed by atoms with Gasteiger partial charge < -0.3 is 14.7 Å². The number of imide groups is 1. The molecule has 1 aromatic rings. The van der Waals surface area contributed by atoms with Crippen LogP contribution in [0.3, 0.4) is 0 Å². The molecule has 0 atom stereocenters. The number of methoxy groups -OCH3 is 1. The fourth-order valence-corrected chi connectivity index (χ4v) is 2.12. The Balaban J connectivity index is 2.04. The van der Waals surface area contributed by atoms with Crippen molar-refractivity contribution in [3.05, 3.63) is 24.3 Å². The van der Waals surface area contributed by atoms with E-state index in [0.29, 0.717) is 5.75 Å². The van der Waals surface area contributed by atoms with Crippen molar-refractivity contribution in [2.75, 3.05) is 31.6 Å². The number of benzene rings is 1. The molecule has 1 aromatic carbocycles. The van der Waals surface area contributed by atoms with E-state index in [4.69, 9.17) is 9.84 Å². The number of hydrogen-bond acceptors (Lipinski definition) is 5. The van der Waals surface area contributed by atoms with Crippen LogP contribution < -0.4 is 9.64 Å². The van der Waals surface area contributed by atoms with Gasteiger partial charge in [-0.2, -0.15) is 0 Å². The Morgan fingerprint density at radius 2 is 1.76 bits per heavy atom. The second-order valence-corrected chi connectivity index (χ2v) is 4.64. The number of ether oxygens (including phenoxy) is 1. The summed E-state index contributed by atoms with van der Waals surface area (Å²) in [5.74, 6) is -1.11. The summed E-state index contributed by atoms with van der Waals surface area (Å²) < 4.78 is 5.05. The van der Waals surface area contributed by atoms with Gasteiger partial charge in [-0.1, -0.05) is 0 Å². The Bertz CT molecular complexity index is 537. The summed E-state index contributed by atoms with van der Waals surface area (Å²) in [7, 11) is 1.56. The predicted molar refractivity (Wildman–Crippen MR) is 74.2 cm³/mol. The second kappa shape index (κ2) is 6.25. The molecular weight excluding hydrogens is 276 g/mol. The minimum atomic E-state index is -1.03. The van der Waals surface area contributed by atoms with Gasteiger partial charge in [-0.25, -0.2) is 0 Å². The monoisotopic (exact) mass is 292 g/mol. The molecule has 7 nitrogen and oxygen atoms in total. The molecule has 1 N–H and O–H groups in total. The van der Waals surface area contributed by atoms with Crippen molar-refractivity contribution in [2.45, 2.75) is 6.42 Å². The number of piperazine rings is 1. The van der Waals surface area contributed by atoms with Gasteiger partial charge in [-0.15, -0.1) is 0 Å². The zero-order chi connectivity index (χ0) is 15.4. The Hall–Kier alpha value is -2.57. The first-order chi connectivity index (χ1) is 10.0. The molecule has 0 aromatic heterocycles. The summed E-state index contributed by atoms with van der Waals surface area (Å²) in [6, 6.07) is 7.04. The number of nitrogens with zero attached hydrogens (tertiary/aromatic N) is 2. The number of carbonyl (C=O) groups excluding carboxylic acids is 2. The van der Waals surface area contributed by atoms with Gasteiger partial charge in [-0.3, -0.25) is 19.3 Å². The zero-order valence-corrected chi connectivity index (χ0v) is 11.6. The minimum Gasteiger partial charge on any atom is -0.497 e. The van der Waals surface area contributed by atoms with E-state index in [9.17, 15) is 14.4 Å². The maximum absolute atomic E-state index is 12.0. The molecule has 1 fully saturated rings. The molecular formula is C14H16N2O5. The van der Waals surface area contributed by atoms with Crippen LogP contribution in [0.1, 0.15) is 6.42 Å².